The lowest BCUT2D eigenvalue weighted by Crippen LogP contribution is -2.22. The smallest absolute Gasteiger partial charge is 0.263 e. The number of aliphatic imine (C=N–C) groups is 1. The molecule has 0 saturated carbocycles. The number of unbranched alkanes of at least 4 members (excludes halogenated alkanes) is 2. The van der Waals surface area contributed by atoms with E-state index in [1.807, 2.05) is 35.7 Å². The first kappa shape index (κ1) is 21.2. The quantitative estimate of drug-likeness (QED) is 0.502. The number of nitrogens with zero attached hydrogens (tertiary/aromatic N) is 2. The highest BCUT2D eigenvalue weighted by Crippen LogP contribution is 2.25. The van der Waals surface area contributed by atoms with E-state index < -0.39 is 10.0 Å². The van der Waals surface area contributed by atoms with E-state index in [4.69, 9.17) is 0 Å². The van der Waals surface area contributed by atoms with Crippen molar-refractivity contribution in [3.8, 4) is 11.3 Å². The second kappa shape index (κ2) is 9.40. The van der Waals surface area contributed by atoms with Crippen LogP contribution in [0.1, 0.15) is 31.2 Å². The third-order valence-corrected chi connectivity index (χ3v) is 6.97. The molecule has 2 aromatic carbocycles. The average molecular weight is 455 g/mol. The van der Waals surface area contributed by atoms with E-state index in [-0.39, 0.29) is 10.8 Å². The number of amidine groups is 1. The number of anilines is 1. The molecule has 2 N–H and O–H groups in total. The summed E-state index contributed by atoms with van der Waals surface area (Å²) in [6.45, 7) is 0.501. The number of hydrogen-bond acceptors (Lipinski definition) is 6. The normalized spacial score (nSPS) is 15.4. The first-order valence-corrected chi connectivity index (χ1v) is 12.4. The van der Waals surface area contributed by atoms with Gasteiger partial charge in [0.25, 0.3) is 10.0 Å². The molecule has 160 valence electrons. The Labute approximate surface area is 185 Å². The van der Waals surface area contributed by atoms with E-state index in [1.165, 1.54) is 11.3 Å². The maximum atomic E-state index is 12.2. The maximum Gasteiger partial charge on any atom is 0.263 e. The zero-order valence-electron chi connectivity index (χ0n) is 16.7. The molecule has 0 saturated heterocycles. The third kappa shape index (κ3) is 5.18. The predicted molar refractivity (Wildman–Crippen MR) is 123 cm³/mol. The number of benzene rings is 2. The van der Waals surface area contributed by atoms with Gasteiger partial charge in [0, 0.05) is 29.5 Å². The van der Waals surface area contributed by atoms with Crippen LogP contribution in [0.2, 0.25) is 0 Å². The predicted octanol–water partition coefficient (Wildman–Crippen LogP) is 4.05. The highest BCUT2D eigenvalue weighted by Gasteiger charge is 2.29. The topological polar surface area (TPSA) is 101 Å². The molecule has 0 spiro atoms. The summed E-state index contributed by atoms with van der Waals surface area (Å²) in [5, 5.41) is 5.38. The van der Waals surface area contributed by atoms with Crippen LogP contribution in [0.25, 0.3) is 11.3 Å². The van der Waals surface area contributed by atoms with Crippen molar-refractivity contribution in [3.63, 3.8) is 0 Å². The molecule has 4 rings (SSSR count). The summed E-state index contributed by atoms with van der Waals surface area (Å²) in [6.07, 6.45) is 2.74. The van der Waals surface area contributed by atoms with Gasteiger partial charge in [0.2, 0.25) is 5.91 Å². The maximum absolute atomic E-state index is 12.2. The van der Waals surface area contributed by atoms with Gasteiger partial charge in [-0.15, -0.1) is 11.3 Å². The van der Waals surface area contributed by atoms with E-state index in [9.17, 15) is 13.2 Å². The van der Waals surface area contributed by atoms with Crippen LogP contribution in [-0.4, -0.2) is 31.7 Å². The fourth-order valence-corrected chi connectivity index (χ4v) is 5.26. The zero-order valence-corrected chi connectivity index (χ0v) is 18.4. The summed E-state index contributed by atoms with van der Waals surface area (Å²) >= 11 is 1.41. The molecule has 7 nitrogen and oxygen atoms in total. The number of sulfonamides is 1. The van der Waals surface area contributed by atoms with Gasteiger partial charge in [-0.1, -0.05) is 48.9 Å². The molecule has 0 fully saturated rings. The van der Waals surface area contributed by atoms with Gasteiger partial charge in [-0.2, -0.15) is 0 Å². The van der Waals surface area contributed by atoms with E-state index in [0.29, 0.717) is 29.5 Å². The van der Waals surface area contributed by atoms with Crippen molar-refractivity contribution in [1.29, 1.82) is 0 Å². The van der Waals surface area contributed by atoms with Gasteiger partial charge in [0.15, 0.2) is 5.13 Å². The Bertz CT molecular complexity index is 1200. The molecule has 1 aromatic heterocycles. The van der Waals surface area contributed by atoms with Crippen LogP contribution in [0.4, 0.5) is 5.13 Å². The number of fused-ring (bicyclic) bond motifs is 1. The molecule has 3 aromatic rings. The van der Waals surface area contributed by atoms with Gasteiger partial charge >= 0.3 is 0 Å². The summed E-state index contributed by atoms with van der Waals surface area (Å²) in [7, 11) is -3.50. The second-order valence-electron chi connectivity index (χ2n) is 7.09. The number of aromatic nitrogens is 1. The van der Waals surface area contributed by atoms with Gasteiger partial charge in [0.05, 0.1) is 10.6 Å². The van der Waals surface area contributed by atoms with Crippen molar-refractivity contribution in [2.24, 2.45) is 4.99 Å². The van der Waals surface area contributed by atoms with Crippen LogP contribution in [0, 0.1) is 0 Å². The molecule has 2 heterocycles. The van der Waals surface area contributed by atoms with Crippen LogP contribution in [-0.2, 0) is 14.8 Å². The molecule has 0 radical (unpaired) electrons. The Morgan fingerprint density at radius 1 is 1.03 bits per heavy atom. The van der Waals surface area contributed by atoms with Gasteiger partial charge in [-0.05, 0) is 25.0 Å². The minimum absolute atomic E-state index is 0.0576. The molecule has 0 aliphatic carbocycles. The molecular weight excluding hydrogens is 432 g/mol. The van der Waals surface area contributed by atoms with Gasteiger partial charge in [0.1, 0.15) is 5.84 Å². The number of carbonyl (C=O) groups excluding carboxylic acids is 1. The fraction of sp³-hybridized carbons (Fsp3) is 0.227. The van der Waals surface area contributed by atoms with Crippen molar-refractivity contribution in [2.45, 2.75) is 30.6 Å². The lowest BCUT2D eigenvalue weighted by atomic mass is 10.2. The summed E-state index contributed by atoms with van der Waals surface area (Å²) in [5.74, 6) is 0.337. The number of nitrogens with one attached hydrogen (secondary N) is 2. The van der Waals surface area contributed by atoms with Crippen LogP contribution >= 0.6 is 11.3 Å². The highest BCUT2D eigenvalue weighted by atomic mass is 32.2. The summed E-state index contributed by atoms with van der Waals surface area (Å²) < 4.78 is 26.6. The number of rotatable bonds is 8. The largest absolute Gasteiger partial charge is 0.302 e. The number of hydrogen-bond donors (Lipinski definition) is 2. The molecule has 0 unspecified atom stereocenters. The molecule has 1 aliphatic heterocycles. The van der Waals surface area contributed by atoms with E-state index in [0.717, 1.165) is 30.5 Å². The molecule has 0 bridgehead atoms. The number of thiazole rings is 1. The summed E-state index contributed by atoms with van der Waals surface area (Å²) in [4.78, 5) is 21.3. The number of carbonyl (C=O) groups is 1. The molecule has 31 heavy (non-hydrogen) atoms. The van der Waals surface area contributed by atoms with Crippen molar-refractivity contribution >= 4 is 38.2 Å². The summed E-state index contributed by atoms with van der Waals surface area (Å²) in [6, 6.07) is 16.6. The Morgan fingerprint density at radius 3 is 2.65 bits per heavy atom. The van der Waals surface area contributed by atoms with Crippen LogP contribution in [0.3, 0.4) is 0 Å². The lowest BCUT2D eigenvalue weighted by Gasteiger charge is -2.02. The van der Waals surface area contributed by atoms with Crippen LogP contribution in [0.15, 0.2) is 69.9 Å². The van der Waals surface area contributed by atoms with Crippen LogP contribution in [0.5, 0.6) is 0 Å². The standard InChI is InChI=1S/C22H22N4O3S2/c27-20(25-22-24-18(15-30-22)16-9-3-1-4-10-16)13-5-2-8-14-23-21-17-11-6-7-12-19(17)31(28,29)26-21/h1,3-4,6-7,9-12,15H,2,5,8,13-14H2,(H,23,26)(H,24,25,27). The molecule has 1 aliphatic rings. The molecule has 0 atom stereocenters. The monoisotopic (exact) mass is 454 g/mol. The van der Waals surface area contributed by atoms with Crippen molar-refractivity contribution in [1.82, 2.24) is 9.71 Å². The highest BCUT2D eigenvalue weighted by molar-refractivity contribution is 7.90. The van der Waals surface area contributed by atoms with E-state index in [2.05, 4.69) is 20.0 Å². The lowest BCUT2D eigenvalue weighted by molar-refractivity contribution is -0.116. The minimum atomic E-state index is -3.50. The zero-order chi connectivity index (χ0) is 21.7. The Kier molecular flexibility index (Phi) is 6.43. The van der Waals surface area contributed by atoms with Gasteiger partial charge in [-0.25, -0.2) is 13.4 Å². The average Bonchev–Trinajstić information content (AvgIpc) is 3.34. The third-order valence-electron chi connectivity index (χ3n) is 4.81. The summed E-state index contributed by atoms with van der Waals surface area (Å²) in [5.41, 5.74) is 2.48. The fourth-order valence-electron chi connectivity index (χ4n) is 3.27. The molecule has 9 heteroatoms. The van der Waals surface area contributed by atoms with E-state index in [1.54, 1.807) is 24.3 Å². The minimum Gasteiger partial charge on any atom is -0.302 e. The Morgan fingerprint density at radius 2 is 1.81 bits per heavy atom. The Hall–Kier alpha value is -3.04. The van der Waals surface area contributed by atoms with Crippen LogP contribution < -0.4 is 10.0 Å². The van der Waals surface area contributed by atoms with Gasteiger partial charge < -0.3 is 5.32 Å². The first-order chi connectivity index (χ1) is 15.0. The van der Waals surface area contributed by atoms with Crippen molar-refractivity contribution < 1.29 is 13.2 Å². The van der Waals surface area contributed by atoms with E-state index >= 15 is 0 Å². The van der Waals surface area contributed by atoms with Crippen molar-refractivity contribution in [2.75, 3.05) is 11.9 Å². The van der Waals surface area contributed by atoms with Gasteiger partial charge in [-0.3, -0.25) is 14.5 Å². The molecule has 1 amide bonds. The SMILES string of the molecule is O=C(CCCCCN=C1NS(=O)(=O)c2ccccc21)Nc1nc(-c2ccccc2)cs1. The molecular formula is C22H22N4O3S2. The number of amides is 1. The first-order valence-electron chi connectivity index (χ1n) is 10.0. The van der Waals surface area contributed by atoms with Crippen molar-refractivity contribution in [3.05, 3.63) is 65.5 Å². The Balaban J connectivity index is 1.19. The second-order valence-corrected chi connectivity index (χ2v) is 9.60.